The van der Waals surface area contributed by atoms with Crippen LogP contribution in [0.25, 0.3) is 0 Å². The summed E-state index contributed by atoms with van der Waals surface area (Å²) >= 11 is 0. The SMILES string of the molecule is C=CC(=O)N1CCCC(Nc2ncnc(N)c2C(=N)c2ccc(Oc3ccc(OC)cc3)nc2F)C1. The highest BCUT2D eigenvalue weighted by Gasteiger charge is 2.26. The maximum atomic E-state index is 15.0. The van der Waals surface area contributed by atoms with Crippen LogP contribution in [0.15, 0.2) is 55.4 Å². The van der Waals surface area contributed by atoms with Gasteiger partial charge in [-0.05, 0) is 49.2 Å². The molecule has 3 heterocycles. The van der Waals surface area contributed by atoms with Crippen LogP contribution in [-0.4, -0.2) is 57.7 Å². The Morgan fingerprint density at radius 3 is 2.69 bits per heavy atom. The number of piperidine rings is 1. The number of ether oxygens (including phenoxy) is 2. The number of nitrogens with two attached hydrogens (primary N) is 1. The van der Waals surface area contributed by atoms with Gasteiger partial charge in [0.25, 0.3) is 0 Å². The van der Waals surface area contributed by atoms with E-state index in [9.17, 15) is 4.79 Å². The van der Waals surface area contributed by atoms with E-state index in [1.54, 1.807) is 36.3 Å². The molecule has 1 atom stereocenters. The lowest BCUT2D eigenvalue weighted by molar-refractivity contribution is -0.127. The lowest BCUT2D eigenvalue weighted by Crippen LogP contribution is -2.44. The number of amides is 1. The Balaban J connectivity index is 1.54. The second kappa shape index (κ2) is 10.8. The first-order valence-corrected chi connectivity index (χ1v) is 11.3. The number of nitrogens with one attached hydrogen (secondary N) is 2. The Hall–Kier alpha value is -4.54. The van der Waals surface area contributed by atoms with E-state index < -0.39 is 5.95 Å². The number of pyridine rings is 1. The molecule has 1 amide bonds. The summed E-state index contributed by atoms with van der Waals surface area (Å²) in [5, 5.41) is 11.9. The van der Waals surface area contributed by atoms with Crippen LogP contribution in [0.4, 0.5) is 16.0 Å². The molecule has 1 aliphatic heterocycles. The smallest absolute Gasteiger partial charge is 0.246 e. The molecule has 0 spiro atoms. The Bertz CT molecular complexity index is 1280. The number of aromatic nitrogens is 3. The molecule has 186 valence electrons. The van der Waals surface area contributed by atoms with Gasteiger partial charge in [0.1, 0.15) is 29.5 Å². The van der Waals surface area contributed by atoms with Crippen LogP contribution < -0.4 is 20.5 Å². The number of hydrogen-bond donors (Lipinski definition) is 3. The number of nitrogen functional groups attached to an aromatic ring is 1. The van der Waals surface area contributed by atoms with Crippen molar-refractivity contribution in [3.05, 3.63) is 72.5 Å². The van der Waals surface area contributed by atoms with E-state index >= 15 is 4.39 Å². The fourth-order valence-electron chi connectivity index (χ4n) is 3.93. The van der Waals surface area contributed by atoms with Crippen LogP contribution in [-0.2, 0) is 4.79 Å². The van der Waals surface area contributed by atoms with Gasteiger partial charge in [0, 0.05) is 25.2 Å². The van der Waals surface area contributed by atoms with Gasteiger partial charge < -0.3 is 25.4 Å². The predicted molar refractivity (Wildman–Crippen MR) is 133 cm³/mol. The lowest BCUT2D eigenvalue weighted by Gasteiger charge is -2.33. The summed E-state index contributed by atoms with van der Waals surface area (Å²) in [4.78, 5) is 25.8. The predicted octanol–water partition coefficient (Wildman–Crippen LogP) is 3.40. The summed E-state index contributed by atoms with van der Waals surface area (Å²) in [6.45, 7) is 4.62. The number of benzene rings is 1. The molecule has 10 nitrogen and oxygen atoms in total. The van der Waals surface area contributed by atoms with Gasteiger partial charge in [0.15, 0.2) is 0 Å². The standard InChI is InChI=1S/C25H26FN7O3/c1-3-20(34)33-12-4-5-15(13-33)31-25-21(24(28)29-14-30-25)22(27)18-10-11-19(32-23(18)26)36-17-8-6-16(35-2)7-9-17/h3,6-11,14-15,27H,1,4-5,12-13H2,2H3,(H3,28,29,30,31). The normalized spacial score (nSPS) is 15.2. The fourth-order valence-corrected chi connectivity index (χ4v) is 3.93. The van der Waals surface area contributed by atoms with Crippen molar-refractivity contribution in [1.29, 1.82) is 5.41 Å². The monoisotopic (exact) mass is 491 g/mol. The zero-order chi connectivity index (χ0) is 25.7. The zero-order valence-electron chi connectivity index (χ0n) is 19.7. The minimum atomic E-state index is -0.902. The largest absolute Gasteiger partial charge is 0.497 e. The van der Waals surface area contributed by atoms with Crippen molar-refractivity contribution in [2.24, 2.45) is 0 Å². The van der Waals surface area contributed by atoms with E-state index in [4.69, 9.17) is 20.6 Å². The van der Waals surface area contributed by atoms with Gasteiger partial charge in [-0.15, -0.1) is 0 Å². The number of methoxy groups -OCH3 is 1. The molecule has 0 saturated carbocycles. The van der Waals surface area contributed by atoms with Crippen LogP contribution in [0.3, 0.4) is 0 Å². The molecule has 1 aliphatic rings. The third kappa shape index (κ3) is 5.40. The molecule has 4 N–H and O–H groups in total. The van der Waals surface area contributed by atoms with Gasteiger partial charge in [0.05, 0.1) is 23.9 Å². The molecule has 2 aromatic heterocycles. The summed E-state index contributed by atoms with van der Waals surface area (Å²) in [5.74, 6) is 0.384. The molecule has 0 aliphatic carbocycles. The van der Waals surface area contributed by atoms with Gasteiger partial charge in [-0.3, -0.25) is 10.2 Å². The van der Waals surface area contributed by atoms with E-state index in [1.807, 2.05) is 0 Å². The second-order valence-electron chi connectivity index (χ2n) is 8.09. The highest BCUT2D eigenvalue weighted by Crippen LogP contribution is 2.27. The number of rotatable bonds is 8. The number of carbonyl (C=O) groups is 1. The van der Waals surface area contributed by atoms with Gasteiger partial charge in [-0.2, -0.15) is 9.37 Å². The van der Waals surface area contributed by atoms with E-state index in [1.165, 1.54) is 24.5 Å². The molecule has 0 radical (unpaired) electrons. The number of hydrogen-bond acceptors (Lipinski definition) is 9. The maximum Gasteiger partial charge on any atom is 0.246 e. The fraction of sp³-hybridized carbons (Fsp3) is 0.240. The third-order valence-corrected chi connectivity index (χ3v) is 5.75. The van der Waals surface area contributed by atoms with Crippen LogP contribution in [0.1, 0.15) is 24.0 Å². The van der Waals surface area contributed by atoms with Crippen LogP contribution in [0, 0.1) is 11.4 Å². The minimum absolute atomic E-state index is 0.0188. The summed E-state index contributed by atoms with van der Waals surface area (Å²) < 4.78 is 25.7. The molecule has 4 rings (SSSR count). The van der Waals surface area contributed by atoms with Gasteiger partial charge in [-0.1, -0.05) is 6.58 Å². The Morgan fingerprint density at radius 1 is 1.25 bits per heavy atom. The molecular weight excluding hydrogens is 465 g/mol. The number of carbonyl (C=O) groups excluding carboxylic acids is 1. The first-order valence-electron chi connectivity index (χ1n) is 11.3. The molecule has 36 heavy (non-hydrogen) atoms. The van der Waals surface area contributed by atoms with Crippen molar-refractivity contribution in [2.45, 2.75) is 18.9 Å². The Morgan fingerprint density at radius 2 is 2.00 bits per heavy atom. The maximum absolute atomic E-state index is 15.0. The first kappa shape index (κ1) is 24.6. The number of halogens is 1. The number of likely N-dealkylation sites (tertiary alicyclic amines) is 1. The molecule has 1 aromatic carbocycles. The van der Waals surface area contributed by atoms with E-state index in [-0.39, 0.29) is 46.3 Å². The van der Waals surface area contributed by atoms with Crippen molar-refractivity contribution < 1.29 is 18.7 Å². The lowest BCUT2D eigenvalue weighted by atomic mass is 10.0. The van der Waals surface area contributed by atoms with E-state index in [2.05, 4.69) is 26.8 Å². The molecule has 0 bridgehead atoms. The molecule has 11 heteroatoms. The van der Waals surface area contributed by atoms with Crippen LogP contribution >= 0.6 is 0 Å². The second-order valence-corrected chi connectivity index (χ2v) is 8.09. The van der Waals surface area contributed by atoms with Crippen molar-refractivity contribution in [1.82, 2.24) is 19.9 Å². The topological polar surface area (TPSA) is 139 Å². The Labute approximate surface area is 207 Å². The van der Waals surface area contributed by atoms with Crippen LogP contribution in [0.2, 0.25) is 0 Å². The van der Waals surface area contributed by atoms with Gasteiger partial charge >= 0.3 is 0 Å². The zero-order valence-corrected chi connectivity index (χ0v) is 19.7. The van der Waals surface area contributed by atoms with Gasteiger partial charge in [0.2, 0.25) is 17.7 Å². The summed E-state index contributed by atoms with van der Waals surface area (Å²) in [7, 11) is 1.56. The summed E-state index contributed by atoms with van der Waals surface area (Å²) in [5.41, 5.74) is 5.91. The average molecular weight is 492 g/mol. The highest BCUT2D eigenvalue weighted by atomic mass is 19.1. The molecular formula is C25H26FN7O3. The Kier molecular flexibility index (Phi) is 7.38. The average Bonchev–Trinajstić information content (AvgIpc) is 2.89. The van der Waals surface area contributed by atoms with Crippen molar-refractivity contribution >= 4 is 23.3 Å². The van der Waals surface area contributed by atoms with Crippen molar-refractivity contribution in [3.8, 4) is 17.4 Å². The van der Waals surface area contributed by atoms with Crippen molar-refractivity contribution in [2.75, 3.05) is 31.2 Å². The minimum Gasteiger partial charge on any atom is -0.497 e. The van der Waals surface area contributed by atoms with E-state index in [0.29, 0.717) is 24.6 Å². The van der Waals surface area contributed by atoms with Crippen LogP contribution in [0.5, 0.6) is 17.4 Å². The molecule has 1 fully saturated rings. The van der Waals surface area contributed by atoms with Gasteiger partial charge in [-0.25, -0.2) is 9.97 Å². The molecule has 3 aromatic rings. The highest BCUT2D eigenvalue weighted by molar-refractivity contribution is 6.16. The number of anilines is 2. The van der Waals surface area contributed by atoms with Crippen molar-refractivity contribution in [3.63, 3.8) is 0 Å². The molecule has 1 unspecified atom stereocenters. The summed E-state index contributed by atoms with van der Waals surface area (Å²) in [6.07, 6.45) is 4.12. The molecule has 1 saturated heterocycles. The quantitative estimate of drug-likeness (QED) is 0.248. The summed E-state index contributed by atoms with van der Waals surface area (Å²) in [6, 6.07) is 9.48. The third-order valence-electron chi connectivity index (χ3n) is 5.75. The number of nitrogens with zero attached hydrogens (tertiary/aromatic N) is 4. The first-order chi connectivity index (χ1) is 17.4. The van der Waals surface area contributed by atoms with E-state index in [0.717, 1.165) is 12.8 Å².